The van der Waals surface area contributed by atoms with Crippen LogP contribution in [-0.4, -0.2) is 25.4 Å². The molecule has 3 N–H and O–H groups in total. The van der Waals surface area contributed by atoms with E-state index in [0.29, 0.717) is 29.5 Å². The Morgan fingerprint density at radius 3 is 2.85 bits per heavy atom. The molecule has 0 spiro atoms. The lowest BCUT2D eigenvalue weighted by Gasteiger charge is -2.04. The maximum Gasteiger partial charge on any atom is 0.326 e. The number of aromatic amines is 2. The van der Waals surface area contributed by atoms with Crippen LogP contribution >= 0.6 is 0 Å². The molecule has 2 aromatic carbocycles. The molecule has 136 valence electrons. The van der Waals surface area contributed by atoms with Gasteiger partial charge < -0.3 is 15.3 Å². The zero-order valence-corrected chi connectivity index (χ0v) is 14.9. The fourth-order valence-corrected chi connectivity index (χ4v) is 3.49. The summed E-state index contributed by atoms with van der Waals surface area (Å²) < 4.78 is 1.79. The molecule has 0 bridgehead atoms. The molecule has 7 heteroatoms. The van der Waals surface area contributed by atoms with Crippen molar-refractivity contribution in [2.24, 2.45) is 0 Å². The van der Waals surface area contributed by atoms with Gasteiger partial charge in [0.15, 0.2) is 0 Å². The number of amides is 1. The van der Waals surface area contributed by atoms with Crippen LogP contribution in [0, 0.1) is 6.92 Å². The zero-order valence-electron chi connectivity index (χ0n) is 14.9. The summed E-state index contributed by atoms with van der Waals surface area (Å²) in [5.41, 5.74) is 4.94. The molecule has 1 aliphatic carbocycles. The maximum atomic E-state index is 12.5. The molecule has 0 atom stereocenters. The molecule has 0 saturated heterocycles. The Kier molecular flexibility index (Phi) is 3.43. The third kappa shape index (κ3) is 2.81. The highest BCUT2D eigenvalue weighted by Gasteiger charge is 2.27. The van der Waals surface area contributed by atoms with Crippen molar-refractivity contribution in [1.82, 2.24) is 24.8 Å². The number of carbonyl (C=O) groups is 1. The van der Waals surface area contributed by atoms with E-state index in [1.54, 1.807) is 16.7 Å². The molecule has 4 aromatic rings. The number of H-pyrrole nitrogens is 2. The van der Waals surface area contributed by atoms with E-state index in [9.17, 15) is 9.59 Å². The molecule has 0 radical (unpaired) electrons. The number of carbonyl (C=O) groups excluding carboxylic acids is 1. The smallest absolute Gasteiger partial charge is 0.326 e. The lowest BCUT2D eigenvalue weighted by molar-refractivity contribution is 0.0950. The molecule has 1 amide bonds. The predicted molar refractivity (Wildman–Crippen MR) is 103 cm³/mol. The highest BCUT2D eigenvalue weighted by Crippen LogP contribution is 2.35. The van der Waals surface area contributed by atoms with Gasteiger partial charge in [-0.15, -0.1) is 0 Å². The first kappa shape index (κ1) is 15.9. The molecule has 0 aliphatic heterocycles. The molecule has 2 heterocycles. The van der Waals surface area contributed by atoms with E-state index in [0.717, 1.165) is 35.0 Å². The number of nitrogens with zero attached hydrogens (tertiary/aromatic N) is 2. The number of hydrogen-bond donors (Lipinski definition) is 3. The quantitative estimate of drug-likeness (QED) is 0.521. The fraction of sp³-hybridized carbons (Fsp3) is 0.250. The Morgan fingerprint density at radius 2 is 2.04 bits per heavy atom. The molecule has 0 unspecified atom stereocenters. The SMILES string of the molecule is Cc1ccc2nc(CNC(=O)c3ccc4c(c3)[nH]c(=O)n4C3CC3)[nH]c2c1. The largest absolute Gasteiger partial charge is 0.345 e. The first-order valence-electron chi connectivity index (χ1n) is 9.06. The average Bonchev–Trinajstić information content (AvgIpc) is 3.31. The van der Waals surface area contributed by atoms with Crippen LogP contribution in [0.4, 0.5) is 0 Å². The van der Waals surface area contributed by atoms with Gasteiger partial charge in [0.25, 0.3) is 5.91 Å². The van der Waals surface area contributed by atoms with Gasteiger partial charge in [-0.05, 0) is 55.7 Å². The zero-order chi connectivity index (χ0) is 18.5. The fourth-order valence-electron chi connectivity index (χ4n) is 3.49. The molecular formula is C20H19N5O2. The summed E-state index contributed by atoms with van der Waals surface area (Å²) in [4.78, 5) is 35.2. The van der Waals surface area contributed by atoms with Crippen LogP contribution in [0.25, 0.3) is 22.1 Å². The third-order valence-corrected chi connectivity index (χ3v) is 4.99. The number of nitrogens with one attached hydrogen (secondary N) is 3. The van der Waals surface area contributed by atoms with Gasteiger partial charge in [0.05, 0.1) is 28.6 Å². The minimum absolute atomic E-state index is 0.109. The van der Waals surface area contributed by atoms with Crippen molar-refractivity contribution in [3.63, 3.8) is 0 Å². The van der Waals surface area contributed by atoms with Gasteiger partial charge in [-0.25, -0.2) is 9.78 Å². The van der Waals surface area contributed by atoms with Gasteiger partial charge in [0.2, 0.25) is 0 Å². The van der Waals surface area contributed by atoms with E-state index in [2.05, 4.69) is 20.3 Å². The van der Waals surface area contributed by atoms with Crippen molar-refractivity contribution in [3.05, 3.63) is 63.8 Å². The first-order valence-corrected chi connectivity index (χ1v) is 9.06. The minimum Gasteiger partial charge on any atom is -0.345 e. The molecule has 1 fully saturated rings. The van der Waals surface area contributed by atoms with Crippen LogP contribution in [0.1, 0.15) is 40.6 Å². The highest BCUT2D eigenvalue weighted by atomic mass is 16.2. The van der Waals surface area contributed by atoms with Crippen LogP contribution < -0.4 is 11.0 Å². The second-order valence-electron chi connectivity index (χ2n) is 7.15. The second kappa shape index (κ2) is 5.84. The lowest BCUT2D eigenvalue weighted by Crippen LogP contribution is -2.23. The van der Waals surface area contributed by atoms with Crippen molar-refractivity contribution < 1.29 is 4.79 Å². The van der Waals surface area contributed by atoms with Gasteiger partial charge in [0.1, 0.15) is 5.82 Å². The topological polar surface area (TPSA) is 95.6 Å². The number of fused-ring (bicyclic) bond motifs is 2. The lowest BCUT2D eigenvalue weighted by atomic mass is 10.2. The number of benzene rings is 2. The predicted octanol–water partition coefficient (Wildman–Crippen LogP) is 2.78. The van der Waals surface area contributed by atoms with E-state index >= 15 is 0 Å². The molecule has 7 nitrogen and oxygen atoms in total. The summed E-state index contributed by atoms with van der Waals surface area (Å²) in [5, 5.41) is 2.88. The van der Waals surface area contributed by atoms with Crippen LogP contribution in [0.2, 0.25) is 0 Å². The number of aromatic nitrogens is 4. The summed E-state index contributed by atoms with van der Waals surface area (Å²) in [7, 11) is 0. The summed E-state index contributed by atoms with van der Waals surface area (Å²) in [6.07, 6.45) is 2.07. The van der Waals surface area contributed by atoms with Crippen molar-refractivity contribution in [1.29, 1.82) is 0 Å². The van der Waals surface area contributed by atoms with E-state index in [1.165, 1.54) is 0 Å². The van der Waals surface area contributed by atoms with Crippen LogP contribution in [0.15, 0.2) is 41.2 Å². The van der Waals surface area contributed by atoms with Crippen molar-refractivity contribution >= 4 is 28.0 Å². The van der Waals surface area contributed by atoms with E-state index in [-0.39, 0.29) is 11.6 Å². The number of aryl methyl sites for hydroxylation is 1. The highest BCUT2D eigenvalue weighted by molar-refractivity contribution is 5.97. The van der Waals surface area contributed by atoms with Gasteiger partial charge >= 0.3 is 5.69 Å². The Balaban J connectivity index is 1.36. The normalized spacial score (nSPS) is 14.1. The molecule has 5 rings (SSSR count). The monoisotopic (exact) mass is 361 g/mol. The van der Waals surface area contributed by atoms with Gasteiger partial charge in [-0.2, -0.15) is 0 Å². The van der Waals surface area contributed by atoms with Crippen LogP contribution in [0.5, 0.6) is 0 Å². The Bertz CT molecular complexity index is 1240. The van der Waals surface area contributed by atoms with Gasteiger partial charge in [-0.1, -0.05) is 6.07 Å². The average molecular weight is 361 g/mol. The molecule has 1 aliphatic rings. The van der Waals surface area contributed by atoms with Crippen molar-refractivity contribution in [2.75, 3.05) is 0 Å². The minimum atomic E-state index is -0.200. The van der Waals surface area contributed by atoms with Crippen molar-refractivity contribution in [3.8, 4) is 0 Å². The standard InChI is InChI=1S/C20H19N5O2/c1-11-2-6-14-15(8-11)23-18(22-14)10-21-19(26)12-3-7-17-16(9-12)24-20(27)25(17)13-4-5-13/h2-3,6-9,13H,4-5,10H2,1H3,(H,21,26)(H,22,23)(H,24,27). The van der Waals surface area contributed by atoms with Crippen LogP contribution in [0.3, 0.4) is 0 Å². The Labute approximate surface area is 154 Å². The molecule has 2 aromatic heterocycles. The number of hydrogen-bond acceptors (Lipinski definition) is 3. The van der Waals surface area contributed by atoms with E-state index in [4.69, 9.17) is 0 Å². The summed E-state index contributed by atoms with van der Waals surface area (Å²) in [6, 6.07) is 11.6. The van der Waals surface area contributed by atoms with E-state index in [1.807, 2.05) is 31.2 Å². The maximum absolute atomic E-state index is 12.5. The summed E-state index contributed by atoms with van der Waals surface area (Å²) in [6.45, 7) is 2.34. The van der Waals surface area contributed by atoms with Crippen molar-refractivity contribution in [2.45, 2.75) is 32.4 Å². The van der Waals surface area contributed by atoms with Gasteiger partial charge in [0, 0.05) is 11.6 Å². The second-order valence-corrected chi connectivity index (χ2v) is 7.15. The molecular weight excluding hydrogens is 342 g/mol. The van der Waals surface area contributed by atoms with E-state index < -0.39 is 0 Å². The number of rotatable bonds is 4. The summed E-state index contributed by atoms with van der Waals surface area (Å²) >= 11 is 0. The third-order valence-electron chi connectivity index (χ3n) is 4.99. The molecule has 1 saturated carbocycles. The number of imidazole rings is 2. The molecule has 27 heavy (non-hydrogen) atoms. The Morgan fingerprint density at radius 1 is 1.19 bits per heavy atom. The Hall–Kier alpha value is -3.35. The van der Waals surface area contributed by atoms with Gasteiger partial charge in [-0.3, -0.25) is 9.36 Å². The van der Waals surface area contributed by atoms with Crippen LogP contribution in [-0.2, 0) is 6.54 Å². The first-order chi connectivity index (χ1) is 13.1. The summed E-state index contributed by atoms with van der Waals surface area (Å²) in [5.74, 6) is 0.506.